The molecule has 1 aliphatic heterocycles. The van der Waals surface area contributed by atoms with Crippen molar-refractivity contribution in [3.8, 4) is 0 Å². The van der Waals surface area contributed by atoms with E-state index in [1.165, 1.54) is 12.1 Å². The monoisotopic (exact) mass is 319 g/mol. The molecule has 1 aromatic rings. The summed E-state index contributed by atoms with van der Waals surface area (Å²) in [5.74, 6) is 1.00. The second kappa shape index (κ2) is 8.20. The second-order valence-electron chi connectivity index (χ2n) is 6.91. The summed E-state index contributed by atoms with van der Waals surface area (Å²) in [6, 6.07) is 7.80. The van der Waals surface area contributed by atoms with E-state index >= 15 is 0 Å². The Labute approximate surface area is 139 Å². The van der Waals surface area contributed by atoms with Crippen LogP contribution in [-0.2, 0) is 0 Å². The molecule has 5 nitrogen and oxygen atoms in total. The molecule has 1 heterocycles. The molecule has 1 aromatic carbocycles. The fraction of sp³-hybridized carbons (Fsp3) is 0.611. The van der Waals surface area contributed by atoms with Crippen molar-refractivity contribution in [1.29, 1.82) is 0 Å². The molecule has 3 N–H and O–H groups in total. The Bertz CT molecular complexity index is 501. The van der Waals surface area contributed by atoms with Crippen molar-refractivity contribution in [2.24, 2.45) is 11.8 Å². The van der Waals surface area contributed by atoms with Crippen molar-refractivity contribution in [2.45, 2.75) is 39.7 Å². The van der Waals surface area contributed by atoms with Gasteiger partial charge < -0.3 is 20.6 Å². The van der Waals surface area contributed by atoms with Gasteiger partial charge in [0.25, 0.3) is 0 Å². The molecule has 0 aromatic heterocycles. The lowest BCUT2D eigenvalue weighted by Crippen LogP contribution is -2.33. The minimum Gasteiger partial charge on any atom is -0.393 e. The quantitative estimate of drug-likeness (QED) is 0.755. The van der Waals surface area contributed by atoms with Gasteiger partial charge >= 0.3 is 6.03 Å². The number of nitrogens with zero attached hydrogens (tertiary/aromatic N) is 1. The maximum atomic E-state index is 11.9. The normalized spacial score (nSPS) is 20.2. The third-order valence-electron chi connectivity index (χ3n) is 4.27. The number of aliphatic hydroxyl groups excluding tert-OH is 1. The van der Waals surface area contributed by atoms with Crippen LogP contribution in [0.2, 0.25) is 0 Å². The summed E-state index contributed by atoms with van der Waals surface area (Å²) in [6.45, 7) is 8.82. The lowest BCUT2D eigenvalue weighted by atomic mass is 10.1. The van der Waals surface area contributed by atoms with Gasteiger partial charge in [-0.1, -0.05) is 13.8 Å². The van der Waals surface area contributed by atoms with E-state index in [2.05, 4.69) is 34.6 Å². The summed E-state index contributed by atoms with van der Waals surface area (Å²) in [4.78, 5) is 14.3. The molecule has 0 spiro atoms. The van der Waals surface area contributed by atoms with E-state index in [1.54, 1.807) is 6.92 Å². The molecule has 1 fully saturated rings. The maximum Gasteiger partial charge on any atom is 0.319 e. The van der Waals surface area contributed by atoms with Gasteiger partial charge in [0.05, 0.1) is 6.10 Å². The van der Waals surface area contributed by atoms with Crippen molar-refractivity contribution in [1.82, 2.24) is 5.32 Å². The molecular formula is C18H29N3O2. The van der Waals surface area contributed by atoms with Gasteiger partial charge in [-0.15, -0.1) is 0 Å². The third kappa shape index (κ3) is 5.75. The zero-order valence-electron chi connectivity index (χ0n) is 14.4. The van der Waals surface area contributed by atoms with Gasteiger partial charge in [0.1, 0.15) is 0 Å². The smallest absolute Gasteiger partial charge is 0.319 e. The van der Waals surface area contributed by atoms with Crippen LogP contribution >= 0.6 is 0 Å². The molecule has 1 aliphatic rings. The number of hydrogen-bond donors (Lipinski definition) is 3. The first kappa shape index (κ1) is 17.6. The molecule has 2 amide bonds. The number of carbonyl (C=O) groups excluding carboxylic acids is 1. The van der Waals surface area contributed by atoms with Crippen molar-refractivity contribution in [2.75, 3.05) is 29.9 Å². The van der Waals surface area contributed by atoms with Crippen LogP contribution in [0, 0.1) is 11.8 Å². The second-order valence-corrected chi connectivity index (χ2v) is 6.91. The molecule has 5 heteroatoms. The molecule has 128 valence electrons. The zero-order chi connectivity index (χ0) is 16.8. The predicted octanol–water partition coefficient (Wildman–Crippen LogP) is 3.06. The lowest BCUT2D eigenvalue weighted by molar-refractivity contribution is 0.163. The molecule has 0 aliphatic carbocycles. The Kier molecular flexibility index (Phi) is 6.28. The largest absolute Gasteiger partial charge is 0.393 e. The number of nitrogens with one attached hydrogen (secondary N) is 2. The van der Waals surface area contributed by atoms with Gasteiger partial charge in [0.2, 0.25) is 0 Å². The number of amides is 2. The Hall–Kier alpha value is -1.75. The third-order valence-corrected chi connectivity index (χ3v) is 4.27. The summed E-state index contributed by atoms with van der Waals surface area (Å²) in [7, 11) is 0. The highest BCUT2D eigenvalue weighted by Gasteiger charge is 2.18. The average Bonchev–Trinajstić information content (AvgIpc) is 2.92. The van der Waals surface area contributed by atoms with E-state index in [0.29, 0.717) is 13.0 Å². The molecule has 0 radical (unpaired) electrons. The molecular weight excluding hydrogens is 290 g/mol. The van der Waals surface area contributed by atoms with Gasteiger partial charge in [-0.25, -0.2) is 4.79 Å². The summed E-state index contributed by atoms with van der Waals surface area (Å²) in [5, 5.41) is 15.0. The molecule has 3 unspecified atom stereocenters. The van der Waals surface area contributed by atoms with Crippen molar-refractivity contribution >= 4 is 17.4 Å². The lowest BCUT2D eigenvalue weighted by Gasteiger charge is -2.18. The van der Waals surface area contributed by atoms with Crippen LogP contribution < -0.4 is 15.5 Å². The average molecular weight is 319 g/mol. The SMILES string of the molecule is CC(O)CC(C)CNC(=O)Nc1ccc(N2CCC(C)C2)cc1. The highest BCUT2D eigenvalue weighted by atomic mass is 16.3. The van der Waals surface area contributed by atoms with E-state index in [0.717, 1.165) is 24.7 Å². The van der Waals surface area contributed by atoms with E-state index in [1.807, 2.05) is 19.1 Å². The van der Waals surface area contributed by atoms with Crippen LogP contribution in [0.25, 0.3) is 0 Å². The number of hydrogen-bond acceptors (Lipinski definition) is 3. The topological polar surface area (TPSA) is 64.6 Å². The van der Waals surface area contributed by atoms with E-state index < -0.39 is 0 Å². The summed E-state index contributed by atoms with van der Waals surface area (Å²) in [6.07, 6.45) is 1.59. The van der Waals surface area contributed by atoms with Crippen LogP contribution in [0.3, 0.4) is 0 Å². The Morgan fingerprint density at radius 1 is 1.35 bits per heavy atom. The number of aliphatic hydroxyl groups is 1. The molecule has 0 saturated carbocycles. The van der Waals surface area contributed by atoms with Gasteiger partial charge in [-0.2, -0.15) is 0 Å². The Balaban J connectivity index is 1.78. The van der Waals surface area contributed by atoms with Gasteiger partial charge in [-0.3, -0.25) is 0 Å². The zero-order valence-corrected chi connectivity index (χ0v) is 14.4. The highest BCUT2D eigenvalue weighted by Crippen LogP contribution is 2.24. The van der Waals surface area contributed by atoms with Crippen molar-refractivity contribution < 1.29 is 9.90 Å². The highest BCUT2D eigenvalue weighted by molar-refractivity contribution is 5.89. The van der Waals surface area contributed by atoms with E-state index in [4.69, 9.17) is 0 Å². The number of carbonyl (C=O) groups is 1. The fourth-order valence-electron chi connectivity index (χ4n) is 3.03. The Morgan fingerprint density at radius 2 is 2.04 bits per heavy atom. The molecule has 1 saturated heterocycles. The first-order valence-electron chi connectivity index (χ1n) is 8.52. The van der Waals surface area contributed by atoms with Crippen molar-refractivity contribution in [3.05, 3.63) is 24.3 Å². The first-order chi connectivity index (χ1) is 10.9. The van der Waals surface area contributed by atoms with Crippen LogP contribution in [0.15, 0.2) is 24.3 Å². The standard InChI is InChI=1S/C18H29N3O2/c1-13-8-9-21(12-13)17-6-4-16(5-7-17)20-18(23)19-11-14(2)10-15(3)22/h4-7,13-15,22H,8-12H2,1-3H3,(H2,19,20,23). The summed E-state index contributed by atoms with van der Waals surface area (Å²) < 4.78 is 0. The minimum absolute atomic E-state index is 0.204. The fourth-order valence-corrected chi connectivity index (χ4v) is 3.03. The van der Waals surface area contributed by atoms with Gasteiger partial charge in [0.15, 0.2) is 0 Å². The molecule has 0 bridgehead atoms. The predicted molar refractivity (Wildman–Crippen MR) is 94.9 cm³/mol. The molecule has 23 heavy (non-hydrogen) atoms. The number of urea groups is 1. The van der Waals surface area contributed by atoms with E-state index in [9.17, 15) is 9.90 Å². The minimum atomic E-state index is -0.337. The Morgan fingerprint density at radius 3 is 2.61 bits per heavy atom. The summed E-state index contributed by atoms with van der Waals surface area (Å²) >= 11 is 0. The molecule has 3 atom stereocenters. The maximum absolute atomic E-state index is 11.9. The van der Waals surface area contributed by atoms with Gasteiger partial charge in [-0.05, 0) is 55.9 Å². The van der Waals surface area contributed by atoms with Crippen LogP contribution in [0.1, 0.15) is 33.6 Å². The van der Waals surface area contributed by atoms with Crippen LogP contribution in [-0.4, -0.2) is 36.9 Å². The molecule has 2 rings (SSSR count). The number of benzene rings is 1. The number of anilines is 2. The van der Waals surface area contributed by atoms with Gasteiger partial charge in [0, 0.05) is 31.0 Å². The first-order valence-corrected chi connectivity index (χ1v) is 8.52. The summed E-state index contributed by atoms with van der Waals surface area (Å²) in [5.41, 5.74) is 2.01. The van der Waals surface area contributed by atoms with E-state index in [-0.39, 0.29) is 18.1 Å². The van der Waals surface area contributed by atoms with Crippen LogP contribution in [0.5, 0.6) is 0 Å². The van der Waals surface area contributed by atoms with Crippen molar-refractivity contribution in [3.63, 3.8) is 0 Å². The number of rotatable bonds is 6. The van der Waals surface area contributed by atoms with Crippen LogP contribution in [0.4, 0.5) is 16.2 Å².